The van der Waals surface area contributed by atoms with Crippen LogP contribution in [0.5, 0.6) is 0 Å². The van der Waals surface area contributed by atoms with Gasteiger partial charge in [0.05, 0.1) is 0 Å². The minimum Gasteiger partial charge on any atom is -0.366 e. The Hall–Kier alpha value is -2.87. The number of likely N-dealkylation sites (N-methyl/N-ethyl adjacent to an activating group) is 1. The number of nitrogens with one attached hydrogen (secondary N) is 3. The highest BCUT2D eigenvalue weighted by molar-refractivity contribution is 5.95. The number of carbonyl (C=O) groups excluding carboxylic acids is 1. The summed E-state index contributed by atoms with van der Waals surface area (Å²) in [7, 11) is 5.83. The van der Waals surface area contributed by atoms with E-state index in [0.29, 0.717) is 17.6 Å². The van der Waals surface area contributed by atoms with Crippen LogP contribution in [-0.4, -0.2) is 67.6 Å². The molecule has 1 aliphatic heterocycles. The molecule has 2 heterocycles. The number of carbonyl (C=O) groups is 1. The van der Waals surface area contributed by atoms with Crippen LogP contribution in [0, 0.1) is 12.3 Å². The van der Waals surface area contributed by atoms with Crippen molar-refractivity contribution in [3.8, 4) is 0 Å². The van der Waals surface area contributed by atoms with Gasteiger partial charge in [-0.15, -0.1) is 0 Å². The number of likely N-dealkylation sites (tertiary alicyclic amines) is 1. The lowest BCUT2D eigenvalue weighted by molar-refractivity contribution is 0.0963. The van der Waals surface area contributed by atoms with Gasteiger partial charge in [0.15, 0.2) is 0 Å². The summed E-state index contributed by atoms with van der Waals surface area (Å²) in [4.78, 5) is 26.1. The third-order valence-electron chi connectivity index (χ3n) is 5.53. The van der Waals surface area contributed by atoms with Crippen molar-refractivity contribution < 1.29 is 4.79 Å². The van der Waals surface area contributed by atoms with Crippen LogP contribution >= 0.6 is 0 Å². The highest BCUT2D eigenvalue weighted by Gasteiger charge is 2.21. The summed E-state index contributed by atoms with van der Waals surface area (Å²) in [5.74, 6) is 2.04. The van der Waals surface area contributed by atoms with E-state index in [-0.39, 0.29) is 11.3 Å². The molecule has 1 atom stereocenters. The lowest BCUT2D eigenvalue weighted by Crippen LogP contribution is -2.30. The Kier molecular flexibility index (Phi) is 7.23. The highest BCUT2D eigenvalue weighted by Crippen LogP contribution is 2.26. The molecule has 1 saturated heterocycles. The van der Waals surface area contributed by atoms with Gasteiger partial charge < -0.3 is 25.8 Å². The van der Waals surface area contributed by atoms with Crippen LogP contribution in [-0.2, 0) is 0 Å². The Morgan fingerprint density at radius 2 is 2.00 bits per heavy atom. The number of benzene rings is 1. The maximum Gasteiger partial charge on any atom is 0.251 e. The first kappa shape index (κ1) is 23.8. The lowest BCUT2D eigenvalue weighted by Gasteiger charge is -2.28. The summed E-state index contributed by atoms with van der Waals surface area (Å²) in [6, 6.07) is 7.96. The molecular weight excluding hydrogens is 402 g/mol. The monoisotopic (exact) mass is 439 g/mol. The lowest BCUT2D eigenvalue weighted by atomic mass is 9.96. The first-order valence-electron chi connectivity index (χ1n) is 11.2. The SMILES string of the molecule is CNC(=O)c1ccc(C)c(Nc2nc(N[C@@H]3CCN(C)C3)cc(N(C)CC(C)(C)C)n2)c1. The second-order valence-corrected chi connectivity index (χ2v) is 9.98. The number of hydrogen-bond donors (Lipinski definition) is 3. The standard InChI is InChI=1S/C24H37N7O/c1-16-8-9-17(22(32)25-5)12-19(16)27-23-28-20(26-18-10-11-30(6)14-18)13-21(29-23)31(7)15-24(2,3)4/h8-9,12-13,18H,10-11,14-15H2,1-7H3,(H,25,32)(H2,26,27,28,29)/t18-/m1/s1. The van der Waals surface area contributed by atoms with Crippen molar-refractivity contribution in [3.63, 3.8) is 0 Å². The number of nitrogens with zero attached hydrogens (tertiary/aromatic N) is 4. The minimum atomic E-state index is -0.125. The Morgan fingerprint density at radius 3 is 2.62 bits per heavy atom. The molecule has 1 aliphatic rings. The van der Waals surface area contributed by atoms with Gasteiger partial charge in [-0.2, -0.15) is 9.97 Å². The average Bonchev–Trinajstić information content (AvgIpc) is 3.12. The van der Waals surface area contributed by atoms with Gasteiger partial charge in [0.1, 0.15) is 11.6 Å². The van der Waals surface area contributed by atoms with Gasteiger partial charge in [-0.25, -0.2) is 0 Å². The quantitative estimate of drug-likeness (QED) is 0.609. The van der Waals surface area contributed by atoms with Gasteiger partial charge in [-0.3, -0.25) is 4.79 Å². The smallest absolute Gasteiger partial charge is 0.251 e. The second kappa shape index (κ2) is 9.73. The molecule has 2 aromatic rings. The van der Waals surface area contributed by atoms with Gasteiger partial charge in [0, 0.05) is 50.5 Å². The maximum absolute atomic E-state index is 12.1. The van der Waals surface area contributed by atoms with Crippen LogP contribution in [0.4, 0.5) is 23.3 Å². The van der Waals surface area contributed by atoms with E-state index in [4.69, 9.17) is 9.97 Å². The molecule has 0 aliphatic carbocycles. The topological polar surface area (TPSA) is 85.4 Å². The van der Waals surface area contributed by atoms with Crippen molar-refractivity contribution in [1.29, 1.82) is 0 Å². The largest absolute Gasteiger partial charge is 0.366 e. The normalized spacial score (nSPS) is 16.7. The van der Waals surface area contributed by atoms with Crippen LogP contribution in [0.25, 0.3) is 0 Å². The average molecular weight is 440 g/mol. The zero-order valence-corrected chi connectivity index (χ0v) is 20.4. The first-order valence-corrected chi connectivity index (χ1v) is 11.2. The Morgan fingerprint density at radius 1 is 1.25 bits per heavy atom. The Balaban J connectivity index is 1.92. The summed E-state index contributed by atoms with van der Waals surface area (Å²) < 4.78 is 0. The van der Waals surface area contributed by atoms with Crippen molar-refractivity contribution in [2.24, 2.45) is 5.41 Å². The van der Waals surface area contributed by atoms with E-state index in [2.05, 4.69) is 60.6 Å². The van der Waals surface area contributed by atoms with E-state index in [1.807, 2.05) is 31.2 Å². The molecule has 0 unspecified atom stereocenters. The molecule has 1 amide bonds. The van der Waals surface area contributed by atoms with E-state index in [9.17, 15) is 4.79 Å². The van der Waals surface area contributed by atoms with E-state index >= 15 is 0 Å². The second-order valence-electron chi connectivity index (χ2n) is 9.98. The number of rotatable bonds is 7. The summed E-state index contributed by atoms with van der Waals surface area (Å²) in [6.07, 6.45) is 1.09. The van der Waals surface area contributed by atoms with Crippen LogP contribution in [0.15, 0.2) is 24.3 Å². The fourth-order valence-electron chi connectivity index (χ4n) is 3.98. The summed E-state index contributed by atoms with van der Waals surface area (Å²) in [5.41, 5.74) is 2.55. The number of aryl methyl sites for hydroxylation is 1. The van der Waals surface area contributed by atoms with E-state index in [1.54, 1.807) is 7.05 Å². The third-order valence-corrected chi connectivity index (χ3v) is 5.53. The van der Waals surface area contributed by atoms with Gasteiger partial charge in [0.2, 0.25) is 5.95 Å². The molecule has 1 fully saturated rings. The molecule has 32 heavy (non-hydrogen) atoms. The van der Waals surface area contributed by atoms with Gasteiger partial charge >= 0.3 is 0 Å². The fraction of sp³-hybridized carbons (Fsp3) is 0.542. The van der Waals surface area contributed by atoms with Crippen molar-refractivity contribution >= 4 is 29.2 Å². The van der Waals surface area contributed by atoms with Gasteiger partial charge in [-0.05, 0) is 50.0 Å². The van der Waals surface area contributed by atoms with Crippen LogP contribution < -0.4 is 20.9 Å². The van der Waals surface area contributed by atoms with Crippen LogP contribution in [0.2, 0.25) is 0 Å². The third kappa shape index (κ3) is 6.32. The van der Waals surface area contributed by atoms with E-state index in [1.165, 1.54) is 0 Å². The predicted molar refractivity (Wildman–Crippen MR) is 132 cm³/mol. The summed E-state index contributed by atoms with van der Waals surface area (Å²) >= 11 is 0. The van der Waals surface area contributed by atoms with Crippen molar-refractivity contribution in [1.82, 2.24) is 20.2 Å². The molecule has 0 bridgehead atoms. The maximum atomic E-state index is 12.1. The molecule has 1 aromatic carbocycles. The van der Waals surface area contributed by atoms with Crippen molar-refractivity contribution in [2.75, 3.05) is 56.3 Å². The van der Waals surface area contributed by atoms with E-state index in [0.717, 1.165) is 48.9 Å². The summed E-state index contributed by atoms with van der Waals surface area (Å²) in [6.45, 7) is 11.6. The molecule has 174 valence electrons. The zero-order valence-electron chi connectivity index (χ0n) is 20.4. The number of hydrogen-bond acceptors (Lipinski definition) is 7. The molecule has 8 heteroatoms. The molecule has 8 nitrogen and oxygen atoms in total. The first-order chi connectivity index (χ1) is 15.0. The predicted octanol–water partition coefficient (Wildman–Crippen LogP) is 3.49. The molecule has 0 spiro atoms. The van der Waals surface area contributed by atoms with E-state index < -0.39 is 0 Å². The van der Waals surface area contributed by atoms with Crippen molar-refractivity contribution in [3.05, 3.63) is 35.4 Å². The minimum absolute atomic E-state index is 0.125. The molecule has 1 aromatic heterocycles. The van der Waals surface area contributed by atoms with Crippen LogP contribution in [0.1, 0.15) is 43.1 Å². The van der Waals surface area contributed by atoms with Gasteiger partial charge in [-0.1, -0.05) is 26.8 Å². The number of anilines is 4. The van der Waals surface area contributed by atoms with Crippen LogP contribution in [0.3, 0.4) is 0 Å². The van der Waals surface area contributed by atoms with Crippen molar-refractivity contribution in [2.45, 2.75) is 40.2 Å². The highest BCUT2D eigenvalue weighted by atomic mass is 16.1. The fourth-order valence-corrected chi connectivity index (χ4v) is 3.98. The molecular formula is C24H37N7O. The van der Waals surface area contributed by atoms with Gasteiger partial charge in [0.25, 0.3) is 5.91 Å². The molecule has 3 N–H and O–H groups in total. The molecule has 0 saturated carbocycles. The molecule has 3 rings (SSSR count). The summed E-state index contributed by atoms with van der Waals surface area (Å²) in [5, 5.41) is 9.60. The number of amides is 1. The zero-order chi connectivity index (χ0) is 23.5. The molecule has 0 radical (unpaired) electrons. The number of aromatic nitrogens is 2. The Labute approximate surface area is 191 Å². The Bertz CT molecular complexity index is 954.